The Hall–Kier alpha value is -3.38. The van der Waals surface area contributed by atoms with E-state index in [9.17, 15) is 4.79 Å². The summed E-state index contributed by atoms with van der Waals surface area (Å²) in [6.07, 6.45) is 6.23. The van der Waals surface area contributed by atoms with Gasteiger partial charge in [0.05, 0.1) is 23.3 Å². The number of aromatic nitrogens is 4. The van der Waals surface area contributed by atoms with E-state index in [1.807, 2.05) is 46.5 Å². The highest BCUT2D eigenvalue weighted by molar-refractivity contribution is 7.17. The van der Waals surface area contributed by atoms with Crippen molar-refractivity contribution in [3.05, 3.63) is 88.5 Å². The molecule has 0 saturated heterocycles. The molecule has 6 rings (SSSR count). The number of thiophene rings is 1. The Balaban J connectivity index is 1.41. The van der Waals surface area contributed by atoms with Crippen molar-refractivity contribution < 1.29 is 0 Å². The summed E-state index contributed by atoms with van der Waals surface area (Å²) in [5, 5.41) is 11.7. The lowest BCUT2D eigenvalue weighted by Gasteiger charge is -2.07. The topological polar surface area (TPSA) is 60.7 Å². The van der Waals surface area contributed by atoms with Crippen molar-refractivity contribution >= 4 is 32.3 Å². The van der Waals surface area contributed by atoms with Crippen molar-refractivity contribution in [2.75, 3.05) is 0 Å². The highest BCUT2D eigenvalue weighted by atomic mass is 32.1. The SMILES string of the molecule is O=c1c2c(-c3ccnnc3)csc2ccn1[C@@H]1C[C@@H]1c1ccc2ccccc2n1. The first-order chi connectivity index (χ1) is 14.3. The number of nitrogens with zero attached hydrogens (tertiary/aromatic N) is 4. The Kier molecular flexibility index (Phi) is 3.61. The molecule has 4 aromatic heterocycles. The second-order valence-electron chi connectivity index (χ2n) is 7.39. The van der Waals surface area contributed by atoms with Crippen LogP contribution in [0.2, 0.25) is 0 Å². The lowest BCUT2D eigenvalue weighted by atomic mass is 10.1. The molecule has 140 valence electrons. The molecule has 4 heterocycles. The smallest absolute Gasteiger partial charge is 0.260 e. The minimum absolute atomic E-state index is 0.0591. The largest absolute Gasteiger partial charge is 0.311 e. The van der Waals surface area contributed by atoms with Gasteiger partial charge in [0, 0.05) is 50.4 Å². The summed E-state index contributed by atoms with van der Waals surface area (Å²) in [6.45, 7) is 0. The molecular weight excluding hydrogens is 380 g/mol. The van der Waals surface area contributed by atoms with Crippen molar-refractivity contribution in [1.29, 1.82) is 0 Å². The molecule has 1 aliphatic carbocycles. The summed E-state index contributed by atoms with van der Waals surface area (Å²) >= 11 is 1.59. The Morgan fingerprint density at radius 3 is 2.86 bits per heavy atom. The molecule has 6 heteroatoms. The quantitative estimate of drug-likeness (QED) is 0.440. The van der Waals surface area contributed by atoms with Crippen LogP contribution in [-0.2, 0) is 0 Å². The Labute approximate surface area is 170 Å². The van der Waals surface area contributed by atoms with Gasteiger partial charge in [-0.2, -0.15) is 10.2 Å². The molecule has 1 saturated carbocycles. The maximum atomic E-state index is 13.4. The molecule has 0 unspecified atom stereocenters. The highest BCUT2D eigenvalue weighted by Crippen LogP contribution is 2.50. The first kappa shape index (κ1) is 16.6. The molecule has 0 bridgehead atoms. The van der Waals surface area contributed by atoms with E-state index in [-0.39, 0.29) is 17.5 Å². The van der Waals surface area contributed by atoms with Crippen LogP contribution in [0.25, 0.3) is 32.1 Å². The van der Waals surface area contributed by atoms with Gasteiger partial charge in [-0.05, 0) is 30.7 Å². The molecule has 1 aromatic carbocycles. The number of hydrogen-bond donors (Lipinski definition) is 0. The first-order valence-corrected chi connectivity index (χ1v) is 10.4. The molecule has 5 nitrogen and oxygen atoms in total. The van der Waals surface area contributed by atoms with Crippen LogP contribution in [-0.4, -0.2) is 19.7 Å². The predicted molar refractivity (Wildman–Crippen MR) is 115 cm³/mol. The predicted octanol–water partition coefficient (Wildman–Crippen LogP) is 4.80. The number of fused-ring (bicyclic) bond motifs is 2. The lowest BCUT2D eigenvalue weighted by molar-refractivity contribution is 0.688. The van der Waals surface area contributed by atoms with E-state index in [2.05, 4.69) is 28.4 Å². The fourth-order valence-corrected chi connectivity index (χ4v) is 5.03. The monoisotopic (exact) mass is 396 g/mol. The number of hydrogen-bond acceptors (Lipinski definition) is 5. The minimum atomic E-state index is 0.0591. The van der Waals surface area contributed by atoms with E-state index >= 15 is 0 Å². The number of benzene rings is 1. The van der Waals surface area contributed by atoms with Crippen molar-refractivity contribution in [2.24, 2.45) is 0 Å². The van der Waals surface area contributed by atoms with Crippen LogP contribution >= 0.6 is 11.3 Å². The van der Waals surface area contributed by atoms with Crippen LogP contribution < -0.4 is 5.56 Å². The maximum absolute atomic E-state index is 13.4. The molecule has 29 heavy (non-hydrogen) atoms. The summed E-state index contributed by atoms with van der Waals surface area (Å²) in [4.78, 5) is 18.2. The van der Waals surface area contributed by atoms with E-state index in [4.69, 9.17) is 4.98 Å². The average Bonchev–Trinajstić information content (AvgIpc) is 3.44. The normalized spacial score (nSPS) is 18.3. The zero-order valence-electron chi connectivity index (χ0n) is 15.4. The van der Waals surface area contributed by atoms with Crippen LogP contribution in [0.4, 0.5) is 0 Å². The standard InChI is InChI=1S/C23H16N4OS/c28-23-22-17(15-7-9-24-25-12-15)13-29-21(22)8-10-27(23)20-11-16(20)19-6-5-14-3-1-2-4-18(14)26-19/h1-10,12-13,16,20H,11H2/t16-,20-/m1/s1. The van der Waals surface area contributed by atoms with E-state index in [1.54, 1.807) is 23.7 Å². The molecule has 0 aliphatic heterocycles. The van der Waals surface area contributed by atoms with Crippen LogP contribution in [0.5, 0.6) is 0 Å². The molecule has 0 spiro atoms. The van der Waals surface area contributed by atoms with Crippen LogP contribution in [0.1, 0.15) is 24.1 Å². The summed E-state index contributed by atoms with van der Waals surface area (Å²) < 4.78 is 2.88. The molecule has 1 fully saturated rings. The molecule has 0 amide bonds. The van der Waals surface area contributed by atoms with Crippen molar-refractivity contribution in [2.45, 2.75) is 18.4 Å². The van der Waals surface area contributed by atoms with E-state index in [0.29, 0.717) is 0 Å². The van der Waals surface area contributed by atoms with Gasteiger partial charge in [-0.25, -0.2) is 0 Å². The molecule has 1 aliphatic rings. The fourth-order valence-electron chi connectivity index (χ4n) is 4.08. The van der Waals surface area contributed by atoms with Crippen LogP contribution in [0.3, 0.4) is 0 Å². The second-order valence-corrected chi connectivity index (χ2v) is 8.30. The van der Waals surface area contributed by atoms with Gasteiger partial charge in [0.25, 0.3) is 5.56 Å². The second kappa shape index (κ2) is 6.32. The third-order valence-corrected chi connectivity index (χ3v) is 6.61. The third-order valence-electron chi connectivity index (χ3n) is 5.66. The van der Waals surface area contributed by atoms with Gasteiger partial charge in [0.1, 0.15) is 0 Å². The van der Waals surface area contributed by atoms with E-state index in [0.717, 1.165) is 44.2 Å². The number of para-hydroxylation sites is 1. The fraction of sp³-hybridized carbons (Fsp3) is 0.130. The van der Waals surface area contributed by atoms with Gasteiger partial charge in [-0.3, -0.25) is 9.78 Å². The van der Waals surface area contributed by atoms with Crippen molar-refractivity contribution in [1.82, 2.24) is 19.7 Å². The van der Waals surface area contributed by atoms with E-state index in [1.165, 1.54) is 0 Å². The molecule has 0 radical (unpaired) electrons. The Bertz CT molecular complexity index is 1420. The summed E-state index contributed by atoms with van der Waals surface area (Å²) in [6, 6.07) is 16.4. The average molecular weight is 396 g/mol. The maximum Gasteiger partial charge on any atom is 0.260 e. The molecule has 0 N–H and O–H groups in total. The van der Waals surface area contributed by atoms with E-state index < -0.39 is 0 Å². The first-order valence-electron chi connectivity index (χ1n) is 9.55. The number of rotatable bonds is 3. The minimum Gasteiger partial charge on any atom is -0.311 e. The van der Waals surface area contributed by atoms with Gasteiger partial charge < -0.3 is 4.57 Å². The summed E-state index contributed by atoms with van der Waals surface area (Å²) in [7, 11) is 0. The lowest BCUT2D eigenvalue weighted by Crippen LogP contribution is -2.18. The van der Waals surface area contributed by atoms with Crippen molar-refractivity contribution in [3.8, 4) is 11.1 Å². The molecule has 5 aromatic rings. The number of pyridine rings is 2. The van der Waals surface area contributed by atoms with Gasteiger partial charge in [-0.1, -0.05) is 24.3 Å². The highest BCUT2D eigenvalue weighted by Gasteiger charge is 2.41. The summed E-state index contributed by atoms with van der Waals surface area (Å²) in [5.41, 5.74) is 3.97. The summed E-state index contributed by atoms with van der Waals surface area (Å²) in [5.74, 6) is 0.277. The zero-order valence-corrected chi connectivity index (χ0v) is 16.2. The zero-order chi connectivity index (χ0) is 19.4. The Morgan fingerprint density at radius 1 is 1.03 bits per heavy atom. The van der Waals surface area contributed by atoms with Gasteiger partial charge in [0.2, 0.25) is 0 Å². The van der Waals surface area contributed by atoms with Gasteiger partial charge >= 0.3 is 0 Å². The molecule has 2 atom stereocenters. The third kappa shape index (κ3) is 2.68. The van der Waals surface area contributed by atoms with Crippen molar-refractivity contribution in [3.63, 3.8) is 0 Å². The van der Waals surface area contributed by atoms with Gasteiger partial charge in [0.15, 0.2) is 0 Å². The Morgan fingerprint density at radius 2 is 1.97 bits per heavy atom. The van der Waals surface area contributed by atoms with Gasteiger partial charge in [-0.15, -0.1) is 11.3 Å². The van der Waals surface area contributed by atoms with Crippen LogP contribution in [0, 0.1) is 0 Å². The van der Waals surface area contributed by atoms with Crippen LogP contribution in [0.15, 0.2) is 77.3 Å². The molecular formula is C23H16N4OS.